The van der Waals surface area contributed by atoms with Crippen molar-refractivity contribution in [1.29, 1.82) is 0 Å². The van der Waals surface area contributed by atoms with Crippen LogP contribution >= 0.6 is 23.2 Å². The number of nitrogens with zero attached hydrogens (tertiary/aromatic N) is 1. The second kappa shape index (κ2) is 10.2. The van der Waals surface area contributed by atoms with Gasteiger partial charge in [-0.1, -0.05) is 47.5 Å². The fraction of sp³-hybridized carbons (Fsp3) is 0.316. The number of hydrogen-bond donors (Lipinski definition) is 1. The highest BCUT2D eigenvalue weighted by atomic mass is 35.5. The Morgan fingerprint density at radius 2 is 1.86 bits per heavy atom. The zero-order chi connectivity index (χ0) is 20.7. The minimum Gasteiger partial charge on any atom is -0.383 e. The number of ether oxygens (including phenoxy) is 1. The predicted molar refractivity (Wildman–Crippen MR) is 110 cm³/mol. The van der Waals surface area contributed by atoms with Gasteiger partial charge in [0.15, 0.2) is 0 Å². The number of benzene rings is 2. The molecular weight excluding hydrogens is 423 g/mol. The van der Waals surface area contributed by atoms with Crippen LogP contribution in [0.4, 0.5) is 0 Å². The van der Waals surface area contributed by atoms with Crippen molar-refractivity contribution in [2.75, 3.05) is 20.3 Å². The summed E-state index contributed by atoms with van der Waals surface area (Å²) in [7, 11) is -2.39. The standard InChI is InChI=1S/C19H22Cl2N2O4S/c1-14(13-27-2)22-19(24)12-23(11-15-8-9-16(20)10-18(15)21)28(25,26)17-6-4-3-5-7-17/h3-10,14H,11-13H2,1-2H3,(H,22,24)/t14-/m0/s1. The Kier molecular flexibility index (Phi) is 8.27. The van der Waals surface area contributed by atoms with Gasteiger partial charge in [0.25, 0.3) is 0 Å². The van der Waals surface area contributed by atoms with Gasteiger partial charge in [0.05, 0.1) is 18.0 Å². The first kappa shape index (κ1) is 22.6. The Bertz CT molecular complexity index is 907. The fourth-order valence-corrected chi connectivity index (χ4v) is 4.44. The van der Waals surface area contributed by atoms with Gasteiger partial charge in [-0.2, -0.15) is 4.31 Å². The van der Waals surface area contributed by atoms with Gasteiger partial charge in [0, 0.05) is 29.7 Å². The SMILES string of the molecule is COC[C@H](C)NC(=O)CN(Cc1ccc(Cl)cc1Cl)S(=O)(=O)c1ccccc1. The smallest absolute Gasteiger partial charge is 0.243 e. The van der Waals surface area contributed by atoms with Crippen molar-refractivity contribution in [2.45, 2.75) is 24.4 Å². The second-order valence-electron chi connectivity index (χ2n) is 6.25. The number of rotatable bonds is 9. The van der Waals surface area contributed by atoms with E-state index in [0.29, 0.717) is 22.2 Å². The fourth-order valence-electron chi connectivity index (χ4n) is 2.58. The van der Waals surface area contributed by atoms with Gasteiger partial charge in [0.2, 0.25) is 15.9 Å². The van der Waals surface area contributed by atoms with E-state index >= 15 is 0 Å². The van der Waals surface area contributed by atoms with Gasteiger partial charge in [-0.25, -0.2) is 8.42 Å². The average Bonchev–Trinajstić information content (AvgIpc) is 2.64. The van der Waals surface area contributed by atoms with Gasteiger partial charge in [-0.15, -0.1) is 0 Å². The first-order valence-corrected chi connectivity index (χ1v) is 10.7. The van der Waals surface area contributed by atoms with Crippen LogP contribution in [0.15, 0.2) is 53.4 Å². The van der Waals surface area contributed by atoms with Gasteiger partial charge in [-0.05, 0) is 36.8 Å². The molecule has 0 aromatic heterocycles. The lowest BCUT2D eigenvalue weighted by Gasteiger charge is -2.23. The van der Waals surface area contributed by atoms with E-state index in [9.17, 15) is 13.2 Å². The monoisotopic (exact) mass is 444 g/mol. The molecule has 152 valence electrons. The minimum absolute atomic E-state index is 0.0701. The van der Waals surface area contributed by atoms with Crippen molar-refractivity contribution in [3.8, 4) is 0 Å². The highest BCUT2D eigenvalue weighted by Gasteiger charge is 2.27. The molecule has 0 fully saturated rings. The van der Waals surface area contributed by atoms with Crippen LogP contribution < -0.4 is 5.32 Å². The minimum atomic E-state index is -3.92. The van der Waals surface area contributed by atoms with E-state index in [1.54, 1.807) is 37.3 Å². The highest BCUT2D eigenvalue weighted by molar-refractivity contribution is 7.89. The topological polar surface area (TPSA) is 75.7 Å². The van der Waals surface area contributed by atoms with Crippen LogP contribution in [0.5, 0.6) is 0 Å². The lowest BCUT2D eigenvalue weighted by atomic mass is 10.2. The van der Waals surface area contributed by atoms with E-state index in [0.717, 1.165) is 4.31 Å². The van der Waals surface area contributed by atoms with Crippen molar-refractivity contribution >= 4 is 39.1 Å². The van der Waals surface area contributed by atoms with E-state index in [1.165, 1.54) is 25.3 Å². The number of amides is 1. The highest BCUT2D eigenvalue weighted by Crippen LogP contribution is 2.25. The van der Waals surface area contributed by atoms with Crippen LogP contribution in [0, 0.1) is 0 Å². The van der Waals surface area contributed by atoms with Gasteiger partial charge in [0.1, 0.15) is 0 Å². The molecule has 1 N–H and O–H groups in total. The molecule has 1 amide bonds. The summed E-state index contributed by atoms with van der Waals surface area (Å²) in [5.41, 5.74) is 0.545. The number of nitrogens with one attached hydrogen (secondary N) is 1. The normalized spacial score (nSPS) is 12.8. The Balaban J connectivity index is 2.31. The van der Waals surface area contributed by atoms with Crippen molar-refractivity contribution < 1.29 is 17.9 Å². The average molecular weight is 445 g/mol. The largest absolute Gasteiger partial charge is 0.383 e. The number of sulfonamides is 1. The quantitative estimate of drug-likeness (QED) is 0.643. The van der Waals surface area contributed by atoms with Crippen LogP contribution in [0.1, 0.15) is 12.5 Å². The molecule has 0 unspecified atom stereocenters. The van der Waals surface area contributed by atoms with E-state index in [-0.39, 0.29) is 24.0 Å². The van der Waals surface area contributed by atoms with Gasteiger partial charge < -0.3 is 10.1 Å². The number of hydrogen-bond acceptors (Lipinski definition) is 4. The number of carbonyl (C=O) groups is 1. The molecule has 2 aromatic carbocycles. The van der Waals surface area contributed by atoms with Crippen molar-refractivity contribution in [3.05, 3.63) is 64.1 Å². The van der Waals surface area contributed by atoms with E-state index in [1.807, 2.05) is 0 Å². The Hall–Kier alpha value is -1.64. The molecule has 0 saturated carbocycles. The Labute approximate surface area is 175 Å². The lowest BCUT2D eigenvalue weighted by Crippen LogP contribution is -2.44. The number of methoxy groups -OCH3 is 1. The van der Waals surface area contributed by atoms with Crippen LogP contribution in [0.3, 0.4) is 0 Å². The molecule has 0 saturated heterocycles. The zero-order valence-electron chi connectivity index (χ0n) is 15.6. The zero-order valence-corrected chi connectivity index (χ0v) is 17.9. The maximum absolute atomic E-state index is 13.1. The van der Waals surface area contributed by atoms with Crippen LogP contribution in [-0.4, -0.2) is 44.9 Å². The van der Waals surface area contributed by atoms with Gasteiger partial charge in [-0.3, -0.25) is 4.79 Å². The molecule has 0 heterocycles. The molecule has 0 bridgehead atoms. The predicted octanol–water partition coefficient (Wildman–Crippen LogP) is 3.34. The van der Waals surface area contributed by atoms with Crippen molar-refractivity contribution in [1.82, 2.24) is 9.62 Å². The maximum atomic E-state index is 13.1. The Morgan fingerprint density at radius 3 is 2.46 bits per heavy atom. The molecule has 28 heavy (non-hydrogen) atoms. The summed E-state index contributed by atoms with van der Waals surface area (Å²) in [6.07, 6.45) is 0. The molecule has 0 spiro atoms. The summed E-state index contributed by atoms with van der Waals surface area (Å²) in [4.78, 5) is 12.5. The molecule has 0 radical (unpaired) electrons. The molecule has 9 heteroatoms. The molecule has 1 atom stereocenters. The second-order valence-corrected chi connectivity index (χ2v) is 9.03. The van der Waals surface area contributed by atoms with Crippen LogP contribution in [0.25, 0.3) is 0 Å². The molecule has 2 rings (SSSR count). The molecule has 0 aliphatic rings. The molecule has 0 aliphatic carbocycles. The first-order valence-electron chi connectivity index (χ1n) is 8.51. The summed E-state index contributed by atoms with van der Waals surface area (Å²) in [5, 5.41) is 3.49. The van der Waals surface area contributed by atoms with Crippen LogP contribution in [0.2, 0.25) is 10.0 Å². The summed E-state index contributed by atoms with van der Waals surface area (Å²) in [6, 6.07) is 12.5. The Morgan fingerprint density at radius 1 is 1.18 bits per heavy atom. The molecule has 0 aliphatic heterocycles. The molecular formula is C19H22Cl2N2O4S. The lowest BCUT2D eigenvalue weighted by molar-refractivity contribution is -0.122. The van der Waals surface area contributed by atoms with Crippen molar-refractivity contribution in [2.24, 2.45) is 0 Å². The number of halogens is 2. The summed E-state index contributed by atoms with van der Waals surface area (Å²) >= 11 is 12.1. The third kappa shape index (κ3) is 6.18. The van der Waals surface area contributed by atoms with Gasteiger partial charge >= 0.3 is 0 Å². The molecule has 6 nitrogen and oxygen atoms in total. The number of carbonyl (C=O) groups excluding carboxylic acids is 1. The third-order valence-electron chi connectivity index (χ3n) is 3.89. The van der Waals surface area contributed by atoms with E-state index in [4.69, 9.17) is 27.9 Å². The van der Waals surface area contributed by atoms with E-state index in [2.05, 4.69) is 5.32 Å². The summed E-state index contributed by atoms with van der Waals surface area (Å²) < 4.78 is 32.3. The third-order valence-corrected chi connectivity index (χ3v) is 6.28. The van der Waals surface area contributed by atoms with Crippen molar-refractivity contribution in [3.63, 3.8) is 0 Å². The van der Waals surface area contributed by atoms with Crippen LogP contribution in [-0.2, 0) is 26.1 Å². The van der Waals surface area contributed by atoms with E-state index < -0.39 is 15.9 Å². The summed E-state index contributed by atoms with van der Waals surface area (Å²) in [5.74, 6) is -0.436. The summed E-state index contributed by atoms with van der Waals surface area (Å²) in [6.45, 7) is 1.66. The maximum Gasteiger partial charge on any atom is 0.243 e. The first-order chi connectivity index (χ1) is 13.2. The molecule has 2 aromatic rings.